The molecule has 5 aromatic rings. The van der Waals surface area contributed by atoms with Gasteiger partial charge in [0.05, 0.1) is 0 Å². The molecule has 0 unspecified atom stereocenters. The van der Waals surface area contributed by atoms with E-state index in [0.717, 1.165) is 11.2 Å². The molecule has 1 nitrogen and oxygen atoms in total. The van der Waals surface area contributed by atoms with Crippen LogP contribution in [0.2, 0.25) is 0 Å². The smallest absolute Gasteiger partial charge is 0.143 e. The van der Waals surface area contributed by atoms with Crippen molar-refractivity contribution in [2.45, 2.75) is 0 Å². The summed E-state index contributed by atoms with van der Waals surface area (Å²) in [5, 5.41) is 7.38. The van der Waals surface area contributed by atoms with Crippen molar-refractivity contribution >= 4 is 56.8 Å². The number of rotatable bonds is 0. The molecule has 4 aromatic carbocycles. The van der Waals surface area contributed by atoms with Crippen molar-refractivity contribution < 1.29 is 4.42 Å². The number of furan rings is 1. The lowest BCUT2D eigenvalue weighted by atomic mass is 9.90. The maximum absolute atomic E-state index is 6.25. The quantitative estimate of drug-likeness (QED) is 0.307. The van der Waals surface area contributed by atoms with Crippen LogP contribution in [-0.4, -0.2) is 7.85 Å². The van der Waals surface area contributed by atoms with Crippen molar-refractivity contribution in [3.63, 3.8) is 0 Å². The average molecular weight is 280 g/mol. The molecule has 0 amide bonds. The Morgan fingerprint density at radius 1 is 0.636 bits per heavy atom. The third kappa shape index (κ3) is 1.44. The molecule has 0 bridgehead atoms. The van der Waals surface area contributed by atoms with Crippen LogP contribution in [0.3, 0.4) is 0 Å². The van der Waals surface area contributed by atoms with Gasteiger partial charge >= 0.3 is 0 Å². The van der Waals surface area contributed by atoms with E-state index in [2.05, 4.69) is 74.6 Å². The maximum atomic E-state index is 6.25. The first-order valence-electron chi connectivity index (χ1n) is 7.55. The van der Waals surface area contributed by atoms with Crippen molar-refractivity contribution in [1.29, 1.82) is 0 Å². The predicted octanol–water partition coefficient (Wildman–Crippen LogP) is 4.15. The van der Waals surface area contributed by atoms with E-state index >= 15 is 0 Å². The molecule has 5 rings (SSSR count). The highest BCUT2D eigenvalue weighted by Crippen LogP contribution is 2.36. The molecule has 0 N–H and O–H groups in total. The van der Waals surface area contributed by atoms with Crippen LogP contribution in [0.4, 0.5) is 0 Å². The third-order valence-corrected chi connectivity index (χ3v) is 4.58. The van der Waals surface area contributed by atoms with Crippen LogP contribution in [0, 0.1) is 0 Å². The second-order valence-corrected chi connectivity index (χ2v) is 5.88. The van der Waals surface area contributed by atoms with E-state index in [1.807, 2.05) is 0 Å². The molecule has 0 aliphatic rings. The molecular weight excluding hydrogens is 267 g/mol. The number of hydrogen-bond acceptors (Lipinski definition) is 1. The van der Waals surface area contributed by atoms with E-state index in [1.165, 1.54) is 37.8 Å². The summed E-state index contributed by atoms with van der Waals surface area (Å²) in [7, 11) is 2.14. The summed E-state index contributed by atoms with van der Waals surface area (Å²) in [4.78, 5) is 0. The second-order valence-electron chi connectivity index (χ2n) is 5.88. The van der Waals surface area contributed by atoms with E-state index in [4.69, 9.17) is 4.42 Å². The van der Waals surface area contributed by atoms with Gasteiger partial charge in [0, 0.05) is 16.2 Å². The molecule has 0 saturated heterocycles. The Hall–Kier alpha value is -2.74. The zero-order valence-electron chi connectivity index (χ0n) is 12.3. The fraction of sp³-hybridized carbons (Fsp3) is 0. The van der Waals surface area contributed by atoms with Crippen LogP contribution < -0.4 is 5.46 Å². The van der Waals surface area contributed by atoms with Crippen LogP contribution >= 0.6 is 0 Å². The minimum absolute atomic E-state index is 0.968. The van der Waals surface area contributed by atoms with E-state index in [-0.39, 0.29) is 0 Å². The summed E-state index contributed by atoms with van der Waals surface area (Å²) >= 11 is 0. The van der Waals surface area contributed by atoms with Crippen molar-refractivity contribution in [3.05, 3.63) is 66.7 Å². The van der Waals surface area contributed by atoms with E-state index in [0.29, 0.717) is 0 Å². The second kappa shape index (κ2) is 4.14. The van der Waals surface area contributed by atoms with Gasteiger partial charge in [0.1, 0.15) is 19.0 Å². The van der Waals surface area contributed by atoms with Gasteiger partial charge in [-0.1, -0.05) is 60.1 Å². The first-order chi connectivity index (χ1) is 10.8. The molecule has 0 aliphatic carbocycles. The largest absolute Gasteiger partial charge is 0.455 e. The maximum Gasteiger partial charge on any atom is 0.143 e. The van der Waals surface area contributed by atoms with Gasteiger partial charge < -0.3 is 4.42 Å². The molecule has 0 fully saturated rings. The van der Waals surface area contributed by atoms with Gasteiger partial charge in [0.2, 0.25) is 0 Å². The Bertz CT molecular complexity index is 1180. The highest BCUT2D eigenvalue weighted by atomic mass is 16.3. The molecule has 102 valence electrons. The highest BCUT2D eigenvalue weighted by Gasteiger charge is 2.13. The van der Waals surface area contributed by atoms with Gasteiger partial charge in [-0.2, -0.15) is 0 Å². The van der Waals surface area contributed by atoms with Crippen LogP contribution in [0.1, 0.15) is 0 Å². The standard InChI is InChI=1S/C20H13BO/c21-16-6-3-7-17-19(16)15-11-10-13-9-8-12-4-1-2-5-14(12)18(13)20(15)22-17/h1-11H,21H2. The molecule has 0 atom stereocenters. The van der Waals surface area contributed by atoms with Crippen molar-refractivity contribution in [3.8, 4) is 0 Å². The first-order valence-corrected chi connectivity index (χ1v) is 7.55. The van der Waals surface area contributed by atoms with E-state index in [9.17, 15) is 0 Å². The third-order valence-electron chi connectivity index (χ3n) is 4.58. The van der Waals surface area contributed by atoms with Crippen LogP contribution in [0.5, 0.6) is 0 Å². The van der Waals surface area contributed by atoms with Gasteiger partial charge in [-0.3, -0.25) is 0 Å². The summed E-state index contributed by atoms with van der Waals surface area (Å²) in [6, 6.07) is 23.5. The molecule has 0 radical (unpaired) electrons. The van der Waals surface area contributed by atoms with Crippen molar-refractivity contribution in [1.82, 2.24) is 0 Å². The van der Waals surface area contributed by atoms with Crippen LogP contribution in [0.25, 0.3) is 43.5 Å². The molecule has 1 heterocycles. The molecule has 0 spiro atoms. The Balaban J connectivity index is 2.14. The predicted molar refractivity (Wildman–Crippen MR) is 96.9 cm³/mol. The number of hydrogen-bond donors (Lipinski definition) is 0. The van der Waals surface area contributed by atoms with E-state index < -0.39 is 0 Å². The molecule has 0 aliphatic heterocycles. The van der Waals surface area contributed by atoms with Crippen LogP contribution in [-0.2, 0) is 0 Å². The monoisotopic (exact) mass is 280 g/mol. The Morgan fingerprint density at radius 2 is 1.45 bits per heavy atom. The summed E-state index contributed by atoms with van der Waals surface area (Å²) in [6.45, 7) is 0. The first kappa shape index (κ1) is 11.9. The van der Waals surface area contributed by atoms with Gasteiger partial charge in [-0.15, -0.1) is 0 Å². The Labute approximate surface area is 128 Å². The minimum Gasteiger partial charge on any atom is -0.455 e. The normalized spacial score (nSPS) is 11.8. The zero-order valence-corrected chi connectivity index (χ0v) is 12.3. The Kier molecular flexibility index (Phi) is 2.23. The minimum atomic E-state index is 0.968. The lowest BCUT2D eigenvalue weighted by Crippen LogP contribution is -2.01. The van der Waals surface area contributed by atoms with Gasteiger partial charge in [0.25, 0.3) is 0 Å². The van der Waals surface area contributed by atoms with Gasteiger partial charge in [-0.05, 0) is 28.3 Å². The van der Waals surface area contributed by atoms with Gasteiger partial charge in [0.15, 0.2) is 0 Å². The summed E-state index contributed by atoms with van der Waals surface area (Å²) < 4.78 is 6.25. The lowest BCUT2D eigenvalue weighted by molar-refractivity contribution is 0.673. The highest BCUT2D eigenvalue weighted by molar-refractivity contribution is 6.42. The molecule has 2 heteroatoms. The van der Waals surface area contributed by atoms with Gasteiger partial charge in [-0.25, -0.2) is 0 Å². The molecular formula is C20H13BO. The fourth-order valence-electron chi connectivity index (χ4n) is 3.55. The van der Waals surface area contributed by atoms with Crippen molar-refractivity contribution in [2.24, 2.45) is 0 Å². The Morgan fingerprint density at radius 3 is 2.41 bits per heavy atom. The SMILES string of the molecule is Bc1cccc2oc3c(ccc4ccc5ccccc5c43)c12. The number of fused-ring (bicyclic) bond motifs is 7. The number of benzene rings is 4. The average Bonchev–Trinajstić information content (AvgIpc) is 2.94. The molecule has 1 aromatic heterocycles. The zero-order chi connectivity index (χ0) is 14.7. The fourth-order valence-corrected chi connectivity index (χ4v) is 3.55. The molecule has 22 heavy (non-hydrogen) atoms. The lowest BCUT2D eigenvalue weighted by Gasteiger charge is -2.04. The summed E-state index contributed by atoms with van der Waals surface area (Å²) in [5.74, 6) is 0. The summed E-state index contributed by atoms with van der Waals surface area (Å²) in [5.41, 5.74) is 3.23. The van der Waals surface area contributed by atoms with Crippen LogP contribution in [0.15, 0.2) is 71.1 Å². The summed E-state index contributed by atoms with van der Waals surface area (Å²) in [6.07, 6.45) is 0. The van der Waals surface area contributed by atoms with Crippen molar-refractivity contribution in [2.75, 3.05) is 0 Å². The topological polar surface area (TPSA) is 13.1 Å². The van der Waals surface area contributed by atoms with E-state index in [1.54, 1.807) is 0 Å². The molecule has 0 saturated carbocycles.